The van der Waals surface area contributed by atoms with Crippen LogP contribution < -0.4 is 0 Å². The number of pyridine rings is 1. The minimum Gasteiger partial charge on any atom is -0.303 e. The van der Waals surface area contributed by atoms with Crippen molar-refractivity contribution in [3.8, 4) is 0 Å². The monoisotopic (exact) mass is 412 g/mol. The molecular weight excluding hydrogens is 396 g/mol. The Hall–Kier alpha value is -1.89. The molecular formula is C20H17ClN4S2. The van der Waals surface area contributed by atoms with E-state index in [1.165, 1.54) is 17.7 Å². The van der Waals surface area contributed by atoms with Gasteiger partial charge < -0.3 is 4.57 Å². The van der Waals surface area contributed by atoms with Gasteiger partial charge in [-0.2, -0.15) is 0 Å². The lowest BCUT2D eigenvalue weighted by molar-refractivity contribution is 0.635. The van der Waals surface area contributed by atoms with Crippen LogP contribution in [0.3, 0.4) is 0 Å². The van der Waals surface area contributed by atoms with Crippen LogP contribution in [0, 0.1) is 0 Å². The van der Waals surface area contributed by atoms with E-state index in [2.05, 4.69) is 49.4 Å². The van der Waals surface area contributed by atoms with E-state index >= 15 is 0 Å². The normalized spacial score (nSPS) is 14.1. The number of fused-ring (bicyclic) bond motifs is 1. The quantitative estimate of drug-likeness (QED) is 0.298. The molecule has 1 aromatic carbocycles. The van der Waals surface area contributed by atoms with Gasteiger partial charge in [0.25, 0.3) is 0 Å². The van der Waals surface area contributed by atoms with Crippen molar-refractivity contribution in [2.75, 3.05) is 0 Å². The molecule has 4 aromatic rings. The van der Waals surface area contributed by atoms with Crippen LogP contribution in [-0.2, 0) is 12.2 Å². The third-order valence-electron chi connectivity index (χ3n) is 4.67. The van der Waals surface area contributed by atoms with Crippen LogP contribution in [0.1, 0.15) is 35.1 Å². The van der Waals surface area contributed by atoms with Gasteiger partial charge in [-0.25, -0.2) is 4.98 Å². The Balaban J connectivity index is 1.40. The number of thioether (sulfide) groups is 1. The maximum Gasteiger partial charge on any atom is 0.191 e. The number of benzene rings is 1. The summed E-state index contributed by atoms with van der Waals surface area (Å²) in [6.45, 7) is 0. The molecule has 0 bridgehead atoms. The Morgan fingerprint density at radius 2 is 2.04 bits per heavy atom. The molecule has 1 saturated carbocycles. The molecule has 4 nitrogen and oxygen atoms in total. The van der Waals surface area contributed by atoms with Gasteiger partial charge in [0, 0.05) is 34.0 Å². The first-order valence-corrected chi connectivity index (χ1v) is 11.2. The van der Waals surface area contributed by atoms with E-state index in [1.54, 1.807) is 23.1 Å². The topological polar surface area (TPSA) is 43.6 Å². The van der Waals surface area contributed by atoms with Crippen molar-refractivity contribution in [2.45, 2.75) is 36.2 Å². The number of nitrogens with zero attached hydrogens (tertiary/aromatic N) is 4. The summed E-state index contributed by atoms with van der Waals surface area (Å²) in [5.41, 5.74) is 1.96. The summed E-state index contributed by atoms with van der Waals surface area (Å²) in [4.78, 5) is 5.85. The molecule has 0 radical (unpaired) electrons. The lowest BCUT2D eigenvalue weighted by Crippen LogP contribution is -2.03. The third kappa shape index (κ3) is 3.61. The minimum absolute atomic E-state index is 0.544. The molecule has 0 unspecified atom stereocenters. The fourth-order valence-corrected chi connectivity index (χ4v) is 5.16. The summed E-state index contributed by atoms with van der Waals surface area (Å²) < 4.78 is 2.33. The van der Waals surface area contributed by atoms with Crippen molar-refractivity contribution in [2.24, 2.45) is 0 Å². The number of halogens is 1. The standard InChI is InChI=1S/C20H17ClN4S2/c21-19-14(10-13-4-1-2-6-17(13)22-19)12-27-20-24-23-18(25(20)15-7-8-15)11-16-5-3-9-26-16/h1-6,9-10,15H,7-8,11-12H2. The highest BCUT2D eigenvalue weighted by Gasteiger charge is 2.29. The molecule has 0 spiro atoms. The van der Waals surface area contributed by atoms with Crippen LogP contribution in [0.25, 0.3) is 10.9 Å². The van der Waals surface area contributed by atoms with E-state index in [0.717, 1.165) is 39.6 Å². The van der Waals surface area contributed by atoms with Crippen molar-refractivity contribution >= 4 is 45.6 Å². The molecule has 1 fully saturated rings. The van der Waals surface area contributed by atoms with Gasteiger partial charge in [0.15, 0.2) is 5.16 Å². The molecule has 1 aliphatic carbocycles. The molecule has 0 amide bonds. The SMILES string of the molecule is Clc1nc2ccccc2cc1CSc1nnc(Cc2cccs2)n1C1CC1. The zero-order chi connectivity index (χ0) is 18.2. The molecule has 5 rings (SSSR count). The van der Waals surface area contributed by atoms with Crippen molar-refractivity contribution < 1.29 is 0 Å². The molecule has 0 aliphatic heterocycles. The van der Waals surface area contributed by atoms with E-state index in [4.69, 9.17) is 11.6 Å². The second-order valence-electron chi connectivity index (χ2n) is 6.68. The molecule has 7 heteroatoms. The van der Waals surface area contributed by atoms with Crippen LogP contribution in [0.15, 0.2) is 53.0 Å². The van der Waals surface area contributed by atoms with E-state index < -0.39 is 0 Å². The first-order valence-electron chi connectivity index (χ1n) is 8.91. The van der Waals surface area contributed by atoms with Crippen LogP contribution in [0.5, 0.6) is 0 Å². The largest absolute Gasteiger partial charge is 0.303 e. The maximum atomic E-state index is 6.42. The molecule has 1 aliphatic rings. The molecule has 0 N–H and O–H groups in total. The van der Waals surface area contributed by atoms with Gasteiger partial charge in [0.05, 0.1) is 5.52 Å². The van der Waals surface area contributed by atoms with Gasteiger partial charge in [0.1, 0.15) is 11.0 Å². The van der Waals surface area contributed by atoms with E-state index in [1.807, 2.05) is 18.2 Å². The van der Waals surface area contributed by atoms with Gasteiger partial charge >= 0.3 is 0 Å². The van der Waals surface area contributed by atoms with Gasteiger partial charge in [-0.05, 0) is 36.4 Å². The maximum absolute atomic E-state index is 6.42. The van der Waals surface area contributed by atoms with Gasteiger partial charge in [0.2, 0.25) is 0 Å². The molecule has 0 saturated heterocycles. The summed E-state index contributed by atoms with van der Waals surface area (Å²) in [6, 6.07) is 15.0. The summed E-state index contributed by atoms with van der Waals surface area (Å²) in [5.74, 6) is 1.80. The highest BCUT2D eigenvalue weighted by molar-refractivity contribution is 7.98. The Labute approximate surface area is 170 Å². The second-order valence-corrected chi connectivity index (χ2v) is 9.01. The van der Waals surface area contributed by atoms with Crippen molar-refractivity contribution in [3.63, 3.8) is 0 Å². The second kappa shape index (κ2) is 7.26. The van der Waals surface area contributed by atoms with Crippen LogP contribution >= 0.6 is 34.7 Å². The highest BCUT2D eigenvalue weighted by Crippen LogP contribution is 2.40. The lowest BCUT2D eigenvalue weighted by atomic mass is 10.2. The number of para-hydroxylation sites is 1. The van der Waals surface area contributed by atoms with E-state index in [9.17, 15) is 0 Å². The van der Waals surface area contributed by atoms with Crippen molar-refractivity contribution in [1.82, 2.24) is 19.7 Å². The number of aromatic nitrogens is 4. The predicted molar refractivity (Wildman–Crippen MR) is 112 cm³/mol. The summed E-state index contributed by atoms with van der Waals surface area (Å²) in [6.07, 6.45) is 3.27. The Bertz CT molecular complexity index is 1090. The average molecular weight is 413 g/mol. The molecule has 27 heavy (non-hydrogen) atoms. The molecule has 3 aromatic heterocycles. The first-order chi connectivity index (χ1) is 13.3. The number of rotatable bonds is 6. The van der Waals surface area contributed by atoms with Gasteiger partial charge in [-0.15, -0.1) is 21.5 Å². The fourth-order valence-electron chi connectivity index (χ4n) is 3.17. The van der Waals surface area contributed by atoms with Gasteiger partial charge in [-0.3, -0.25) is 0 Å². The average Bonchev–Trinajstić information content (AvgIpc) is 3.23. The first kappa shape index (κ1) is 17.2. The van der Waals surface area contributed by atoms with E-state index in [-0.39, 0.29) is 0 Å². The number of hydrogen-bond donors (Lipinski definition) is 0. The Morgan fingerprint density at radius 1 is 1.15 bits per heavy atom. The smallest absolute Gasteiger partial charge is 0.191 e. The number of thiophene rings is 1. The van der Waals surface area contributed by atoms with Crippen molar-refractivity contribution in [3.05, 3.63) is 69.3 Å². The molecule has 136 valence electrons. The lowest BCUT2D eigenvalue weighted by Gasteiger charge is -2.09. The zero-order valence-corrected chi connectivity index (χ0v) is 16.9. The van der Waals surface area contributed by atoms with Crippen LogP contribution in [0.4, 0.5) is 0 Å². The molecule has 0 atom stereocenters. The summed E-state index contributed by atoms with van der Waals surface area (Å²) in [5, 5.41) is 13.7. The molecule has 3 heterocycles. The highest BCUT2D eigenvalue weighted by atomic mass is 35.5. The minimum atomic E-state index is 0.544. The number of hydrogen-bond acceptors (Lipinski definition) is 5. The third-order valence-corrected chi connectivity index (χ3v) is 6.86. The fraction of sp³-hybridized carbons (Fsp3) is 0.250. The Kier molecular flexibility index (Phi) is 4.63. The van der Waals surface area contributed by atoms with E-state index in [0.29, 0.717) is 11.2 Å². The van der Waals surface area contributed by atoms with Crippen LogP contribution in [-0.4, -0.2) is 19.7 Å². The summed E-state index contributed by atoms with van der Waals surface area (Å²) in [7, 11) is 0. The Morgan fingerprint density at radius 3 is 2.85 bits per heavy atom. The predicted octanol–water partition coefficient (Wildman–Crippen LogP) is 5.76. The van der Waals surface area contributed by atoms with Gasteiger partial charge in [-0.1, -0.05) is 47.6 Å². The van der Waals surface area contributed by atoms with Crippen molar-refractivity contribution in [1.29, 1.82) is 0 Å². The van der Waals surface area contributed by atoms with Crippen LogP contribution in [0.2, 0.25) is 5.15 Å². The zero-order valence-electron chi connectivity index (χ0n) is 14.5. The summed E-state index contributed by atoms with van der Waals surface area (Å²) >= 11 is 9.88.